The molecular weight excluding hydrogens is 590 g/mol. The summed E-state index contributed by atoms with van der Waals surface area (Å²) in [7, 11) is -9.06. The summed E-state index contributed by atoms with van der Waals surface area (Å²) in [4.78, 5) is 43.1. The van der Waals surface area contributed by atoms with Crippen LogP contribution in [0, 0.1) is 26.1 Å². The Labute approximate surface area is 233 Å². The van der Waals surface area contributed by atoms with Gasteiger partial charge in [-0.25, -0.2) is 21.6 Å². The van der Waals surface area contributed by atoms with Gasteiger partial charge in [0.2, 0.25) is 0 Å². The van der Waals surface area contributed by atoms with E-state index < -0.39 is 87.7 Å². The molecule has 1 aliphatic carbocycles. The van der Waals surface area contributed by atoms with Gasteiger partial charge in [0.25, 0.3) is 31.4 Å². The summed E-state index contributed by atoms with van der Waals surface area (Å²) in [5.74, 6) is -3.12. The molecule has 0 bridgehead atoms. The summed E-state index contributed by atoms with van der Waals surface area (Å²) in [5, 5.41) is 32.7. The van der Waals surface area contributed by atoms with Gasteiger partial charge in [-0.05, 0) is 36.8 Å². The molecular formula is C23H23N3O13S2. The Morgan fingerprint density at radius 3 is 1.73 bits per heavy atom. The van der Waals surface area contributed by atoms with Crippen molar-refractivity contribution in [2.75, 3.05) is 13.7 Å². The van der Waals surface area contributed by atoms with Gasteiger partial charge in [0, 0.05) is 49.2 Å². The third-order valence-electron chi connectivity index (χ3n) is 6.02. The number of nitro benzene ring substituents is 2. The van der Waals surface area contributed by atoms with Gasteiger partial charge >= 0.3 is 11.9 Å². The summed E-state index contributed by atoms with van der Waals surface area (Å²) >= 11 is 0. The minimum Gasteiger partial charge on any atom is -0.466 e. The minimum atomic E-state index is -5.06. The van der Waals surface area contributed by atoms with Gasteiger partial charge in [-0.1, -0.05) is 3.71 Å². The van der Waals surface area contributed by atoms with Gasteiger partial charge in [0.15, 0.2) is 0 Å². The fourth-order valence-electron chi connectivity index (χ4n) is 4.09. The van der Waals surface area contributed by atoms with E-state index in [-0.39, 0.29) is 15.7 Å². The van der Waals surface area contributed by atoms with Crippen LogP contribution < -0.4 is 0 Å². The molecule has 2 aromatic carbocycles. The van der Waals surface area contributed by atoms with Crippen molar-refractivity contribution in [3.05, 3.63) is 80.4 Å². The first-order chi connectivity index (χ1) is 19.1. The highest BCUT2D eigenvalue weighted by atomic mass is 32.3. The van der Waals surface area contributed by atoms with Gasteiger partial charge in [-0.15, -0.1) is 0 Å². The molecule has 0 unspecified atom stereocenters. The molecule has 0 amide bonds. The van der Waals surface area contributed by atoms with Crippen LogP contribution in [0.2, 0.25) is 0 Å². The van der Waals surface area contributed by atoms with Gasteiger partial charge in [0.1, 0.15) is 12.2 Å². The van der Waals surface area contributed by atoms with Crippen molar-refractivity contribution < 1.29 is 50.9 Å². The lowest BCUT2D eigenvalue weighted by atomic mass is 9.84. The molecule has 0 saturated heterocycles. The number of non-ortho nitro benzene ring substituents is 2. The number of hydrogen-bond donors (Lipinski definition) is 1. The van der Waals surface area contributed by atoms with Crippen molar-refractivity contribution in [2.45, 2.75) is 35.3 Å². The Bertz CT molecular complexity index is 1520. The number of esters is 2. The molecule has 0 aromatic heterocycles. The highest BCUT2D eigenvalue weighted by Crippen LogP contribution is 2.34. The largest absolute Gasteiger partial charge is 0.466 e. The lowest BCUT2D eigenvalue weighted by molar-refractivity contribution is -0.385. The molecule has 0 fully saturated rings. The first-order valence-electron chi connectivity index (χ1n) is 11.5. The predicted octanol–water partition coefficient (Wildman–Crippen LogP) is 1.29. The number of rotatable bonds is 10. The van der Waals surface area contributed by atoms with Crippen molar-refractivity contribution in [2.24, 2.45) is 5.92 Å². The zero-order valence-electron chi connectivity index (χ0n) is 21.3. The molecule has 220 valence electrons. The second kappa shape index (κ2) is 12.1. The van der Waals surface area contributed by atoms with Crippen LogP contribution in [0.1, 0.15) is 13.3 Å². The number of carbonyl (C=O) groups excluding carboxylic acids is 2. The molecule has 1 N–H and O–H groups in total. The first kappa shape index (κ1) is 31.3. The molecule has 16 nitrogen and oxygen atoms in total. The van der Waals surface area contributed by atoms with Crippen LogP contribution in [0.5, 0.6) is 0 Å². The minimum absolute atomic E-state index is 0.0242. The Hall–Kier alpha value is -4.26. The molecule has 0 radical (unpaired) electrons. The molecule has 1 aliphatic rings. The average molecular weight is 614 g/mol. The lowest BCUT2D eigenvalue weighted by Crippen LogP contribution is -2.48. The number of nitro groups is 2. The van der Waals surface area contributed by atoms with Crippen LogP contribution in [0.15, 0.2) is 70.0 Å². The predicted molar refractivity (Wildman–Crippen MR) is 137 cm³/mol. The van der Waals surface area contributed by atoms with E-state index in [1.54, 1.807) is 0 Å². The van der Waals surface area contributed by atoms with Crippen LogP contribution in [-0.4, -0.2) is 73.3 Å². The zero-order valence-corrected chi connectivity index (χ0v) is 23.0. The van der Waals surface area contributed by atoms with E-state index >= 15 is 0 Å². The average Bonchev–Trinajstić information content (AvgIpc) is 2.92. The summed E-state index contributed by atoms with van der Waals surface area (Å²) in [6, 6.07) is 6.61. The maximum Gasteiger partial charge on any atom is 0.333 e. The van der Waals surface area contributed by atoms with E-state index in [1.807, 2.05) is 0 Å². The molecule has 0 saturated carbocycles. The third kappa shape index (κ3) is 6.73. The number of aliphatic hydroxyl groups excluding tert-OH is 1. The van der Waals surface area contributed by atoms with E-state index in [0.717, 1.165) is 68.6 Å². The fourth-order valence-corrected chi connectivity index (χ4v) is 7.84. The van der Waals surface area contributed by atoms with Gasteiger partial charge < -0.3 is 14.6 Å². The Morgan fingerprint density at radius 2 is 1.37 bits per heavy atom. The maximum atomic E-state index is 13.8. The zero-order chi connectivity index (χ0) is 30.7. The van der Waals surface area contributed by atoms with E-state index in [2.05, 4.69) is 4.74 Å². The number of carbonyl (C=O) groups is 2. The van der Waals surface area contributed by atoms with Crippen LogP contribution in [0.4, 0.5) is 11.4 Å². The summed E-state index contributed by atoms with van der Waals surface area (Å²) in [5.41, 5.74) is -1.10. The van der Waals surface area contributed by atoms with E-state index in [9.17, 15) is 51.8 Å². The van der Waals surface area contributed by atoms with Crippen LogP contribution >= 0.6 is 0 Å². The topological polar surface area (TPSA) is 231 Å². The Morgan fingerprint density at radius 1 is 0.927 bits per heavy atom. The van der Waals surface area contributed by atoms with Gasteiger partial charge in [-0.2, -0.15) is 0 Å². The number of ether oxygens (including phenoxy) is 2. The second-order valence-corrected chi connectivity index (χ2v) is 12.6. The summed E-state index contributed by atoms with van der Waals surface area (Å²) in [6.45, 7) is 0.0182. The SMILES string of the molecule is COC(=O)C1=C[C@@H](O)[C@@H](OC(C)=O)[C@H](CN(S(=O)(=O)c2ccc([N+](=O)[O-])cc2)S(=O)(=O)c2ccc([N+](=O)[O-])cc2)C1. The number of nitrogens with zero attached hydrogens (tertiary/aromatic N) is 3. The summed E-state index contributed by atoms with van der Waals surface area (Å²) < 4.78 is 64.9. The van der Waals surface area contributed by atoms with Gasteiger partial charge in [-0.3, -0.25) is 25.0 Å². The van der Waals surface area contributed by atoms with E-state index in [1.165, 1.54) is 0 Å². The van der Waals surface area contributed by atoms with Gasteiger partial charge in [0.05, 0.1) is 26.7 Å². The maximum absolute atomic E-state index is 13.8. The van der Waals surface area contributed by atoms with Crippen molar-refractivity contribution in [1.29, 1.82) is 0 Å². The molecule has 2 aromatic rings. The van der Waals surface area contributed by atoms with Crippen LogP contribution in [0.25, 0.3) is 0 Å². The van der Waals surface area contributed by atoms with Crippen molar-refractivity contribution in [1.82, 2.24) is 3.71 Å². The molecule has 0 spiro atoms. The van der Waals surface area contributed by atoms with Crippen LogP contribution in [-0.2, 0) is 39.1 Å². The monoisotopic (exact) mass is 613 g/mol. The molecule has 3 rings (SSSR count). The number of hydrogen-bond acceptors (Lipinski definition) is 13. The highest BCUT2D eigenvalue weighted by molar-refractivity contribution is 8.04. The molecule has 18 heteroatoms. The molecule has 41 heavy (non-hydrogen) atoms. The molecule has 3 atom stereocenters. The van der Waals surface area contributed by atoms with E-state index in [0.29, 0.717) is 0 Å². The highest BCUT2D eigenvalue weighted by Gasteiger charge is 2.44. The first-order valence-corrected chi connectivity index (χ1v) is 14.4. The second-order valence-electron chi connectivity index (χ2n) is 8.68. The van der Waals surface area contributed by atoms with E-state index in [4.69, 9.17) is 4.74 Å². The van der Waals surface area contributed by atoms with Crippen molar-refractivity contribution >= 4 is 43.4 Å². The van der Waals surface area contributed by atoms with Crippen LogP contribution in [0.3, 0.4) is 0 Å². The van der Waals surface area contributed by atoms with Crippen molar-refractivity contribution in [3.63, 3.8) is 0 Å². The number of aliphatic hydroxyl groups is 1. The fraction of sp³-hybridized carbons (Fsp3) is 0.304. The summed E-state index contributed by atoms with van der Waals surface area (Å²) in [6.07, 6.45) is -2.50. The normalized spacial score (nSPS) is 19.2. The number of methoxy groups -OCH3 is 1. The number of sulfonamides is 2. The van der Waals surface area contributed by atoms with Crippen molar-refractivity contribution in [3.8, 4) is 0 Å². The smallest absolute Gasteiger partial charge is 0.333 e. The molecule has 0 aliphatic heterocycles. The molecule has 0 heterocycles. The standard InChI is InChI=1S/C23H23N3O13S2/c1-14(27)39-22-16(11-15(12-21(22)28)23(29)38-2)13-24(40(34,35)19-7-3-17(4-8-19)25(30)31)41(36,37)20-9-5-18(6-10-20)26(32)33/h3-10,12,16,21-22,28H,11,13H2,1-2H3/t16-,21+,22-/m0/s1. The third-order valence-corrected chi connectivity index (χ3v) is 10.3. The number of benzene rings is 2. The Kier molecular flexibility index (Phi) is 9.22. The Balaban J connectivity index is 2.18. The lowest BCUT2D eigenvalue weighted by Gasteiger charge is -2.35. The quantitative estimate of drug-likeness (QED) is 0.226.